The molecule has 2 fully saturated rings. The molecule has 2 aliphatic rings. The quantitative estimate of drug-likeness (QED) is 0.697. The molecular weight excluding hydrogens is 190 g/mol. The molecule has 3 heteroatoms. The summed E-state index contributed by atoms with van der Waals surface area (Å²) in [6.45, 7) is 4.82. The lowest BCUT2D eigenvalue weighted by atomic mass is 9.96. The molecule has 1 amide bonds. The Balaban J connectivity index is 1.80. The molecule has 2 rings (SSSR count). The number of hydrogen-bond acceptors (Lipinski definition) is 2. The Bertz CT molecular complexity index is 224. The van der Waals surface area contributed by atoms with Crippen LogP contribution in [0, 0.1) is 5.92 Å². The maximum absolute atomic E-state index is 12.0. The Morgan fingerprint density at radius 3 is 2.67 bits per heavy atom. The predicted molar refractivity (Wildman–Crippen MR) is 58.6 cm³/mol. The Morgan fingerprint density at radius 1 is 1.33 bits per heavy atom. The third-order valence-electron chi connectivity index (χ3n) is 3.68. The van der Waals surface area contributed by atoms with Crippen molar-refractivity contribution < 1.29 is 9.53 Å². The van der Waals surface area contributed by atoms with Gasteiger partial charge in [-0.1, -0.05) is 0 Å². The molecular formula is C12H21NO2. The lowest BCUT2D eigenvalue weighted by Gasteiger charge is -2.26. The second-order valence-corrected chi connectivity index (χ2v) is 4.84. The van der Waals surface area contributed by atoms with Gasteiger partial charge in [0.1, 0.15) is 0 Å². The highest BCUT2D eigenvalue weighted by atomic mass is 16.5. The van der Waals surface area contributed by atoms with E-state index in [1.54, 1.807) is 0 Å². The molecule has 15 heavy (non-hydrogen) atoms. The van der Waals surface area contributed by atoms with E-state index in [4.69, 9.17) is 4.74 Å². The number of carbonyl (C=O) groups is 1. The van der Waals surface area contributed by atoms with Gasteiger partial charge in [0, 0.05) is 32.2 Å². The molecule has 0 saturated carbocycles. The smallest absolute Gasteiger partial charge is 0.223 e. The summed E-state index contributed by atoms with van der Waals surface area (Å²) in [5.41, 5.74) is 0. The number of hydrogen-bond donors (Lipinski definition) is 0. The molecule has 0 bridgehead atoms. The third kappa shape index (κ3) is 2.71. The van der Waals surface area contributed by atoms with Crippen molar-refractivity contribution in [2.45, 2.75) is 45.1 Å². The van der Waals surface area contributed by atoms with E-state index in [0.717, 1.165) is 39.0 Å². The fourth-order valence-electron chi connectivity index (χ4n) is 2.62. The monoisotopic (exact) mass is 211 g/mol. The van der Waals surface area contributed by atoms with Gasteiger partial charge in [-0.2, -0.15) is 0 Å². The molecule has 0 aromatic heterocycles. The van der Waals surface area contributed by atoms with E-state index in [-0.39, 0.29) is 0 Å². The average Bonchev–Trinajstić information content (AvgIpc) is 2.66. The second kappa shape index (κ2) is 4.97. The highest BCUT2D eigenvalue weighted by molar-refractivity contribution is 5.77. The van der Waals surface area contributed by atoms with Gasteiger partial charge in [0.2, 0.25) is 5.91 Å². The van der Waals surface area contributed by atoms with Crippen molar-refractivity contribution in [3.63, 3.8) is 0 Å². The summed E-state index contributed by atoms with van der Waals surface area (Å²) in [7, 11) is 0. The number of carbonyl (C=O) groups excluding carboxylic acids is 1. The predicted octanol–water partition coefficient (Wildman–Crippen LogP) is 1.81. The maximum Gasteiger partial charge on any atom is 0.223 e. The molecule has 0 N–H and O–H groups in total. The lowest BCUT2D eigenvalue weighted by molar-refractivity contribution is -0.133. The van der Waals surface area contributed by atoms with E-state index in [1.165, 1.54) is 12.8 Å². The fraction of sp³-hybridized carbons (Fsp3) is 0.917. The number of nitrogens with zero attached hydrogens (tertiary/aromatic N) is 1. The normalized spacial score (nSPS) is 28.3. The van der Waals surface area contributed by atoms with Gasteiger partial charge < -0.3 is 9.64 Å². The molecule has 3 nitrogen and oxygen atoms in total. The van der Waals surface area contributed by atoms with Crippen molar-refractivity contribution in [1.82, 2.24) is 4.90 Å². The lowest BCUT2D eigenvalue weighted by Crippen LogP contribution is -2.35. The van der Waals surface area contributed by atoms with E-state index in [0.29, 0.717) is 17.9 Å². The summed E-state index contributed by atoms with van der Waals surface area (Å²) in [4.78, 5) is 14.1. The zero-order valence-corrected chi connectivity index (χ0v) is 9.58. The standard InChI is InChI=1S/C12H21NO2/c1-10-3-2-6-13(10)12(14)9-11-4-7-15-8-5-11/h10-11H,2-9H2,1H3/t10-/m1/s1. The summed E-state index contributed by atoms with van der Waals surface area (Å²) in [5.74, 6) is 0.936. The van der Waals surface area contributed by atoms with Crippen molar-refractivity contribution in [3.8, 4) is 0 Å². The number of likely N-dealkylation sites (tertiary alicyclic amines) is 1. The third-order valence-corrected chi connectivity index (χ3v) is 3.68. The van der Waals surface area contributed by atoms with E-state index in [2.05, 4.69) is 11.8 Å². The first-order valence-electron chi connectivity index (χ1n) is 6.14. The molecule has 2 heterocycles. The van der Waals surface area contributed by atoms with E-state index < -0.39 is 0 Å². The van der Waals surface area contributed by atoms with Gasteiger partial charge in [-0.05, 0) is 38.5 Å². The van der Waals surface area contributed by atoms with Crippen molar-refractivity contribution in [1.29, 1.82) is 0 Å². The molecule has 1 atom stereocenters. The molecule has 0 spiro atoms. The van der Waals surface area contributed by atoms with Gasteiger partial charge in [-0.15, -0.1) is 0 Å². The van der Waals surface area contributed by atoms with E-state index >= 15 is 0 Å². The van der Waals surface area contributed by atoms with Gasteiger partial charge in [0.25, 0.3) is 0 Å². The number of ether oxygens (including phenoxy) is 1. The van der Waals surface area contributed by atoms with Crippen LogP contribution >= 0.6 is 0 Å². The Kier molecular flexibility index (Phi) is 3.62. The summed E-state index contributed by atoms with van der Waals surface area (Å²) in [6.07, 6.45) is 5.23. The Hall–Kier alpha value is -0.570. The molecule has 0 unspecified atom stereocenters. The van der Waals surface area contributed by atoms with Crippen molar-refractivity contribution in [2.24, 2.45) is 5.92 Å². The molecule has 2 aliphatic heterocycles. The highest BCUT2D eigenvalue weighted by Gasteiger charge is 2.27. The summed E-state index contributed by atoms with van der Waals surface area (Å²) in [6, 6.07) is 0.470. The second-order valence-electron chi connectivity index (χ2n) is 4.84. The molecule has 0 aromatic carbocycles. The van der Waals surface area contributed by atoms with E-state index in [9.17, 15) is 4.79 Å². The minimum atomic E-state index is 0.368. The number of amides is 1. The fourth-order valence-corrected chi connectivity index (χ4v) is 2.62. The van der Waals surface area contributed by atoms with Crippen LogP contribution in [0.5, 0.6) is 0 Å². The Morgan fingerprint density at radius 2 is 2.07 bits per heavy atom. The molecule has 86 valence electrons. The minimum absolute atomic E-state index is 0.368. The zero-order chi connectivity index (χ0) is 10.7. The summed E-state index contributed by atoms with van der Waals surface area (Å²) >= 11 is 0. The molecule has 0 radical (unpaired) electrons. The van der Waals surface area contributed by atoms with Gasteiger partial charge in [0.15, 0.2) is 0 Å². The van der Waals surface area contributed by atoms with Crippen LogP contribution in [0.1, 0.15) is 39.0 Å². The van der Waals surface area contributed by atoms with Crippen LogP contribution in [-0.4, -0.2) is 36.6 Å². The van der Waals surface area contributed by atoms with Crippen LogP contribution in [0.2, 0.25) is 0 Å². The van der Waals surface area contributed by atoms with Gasteiger partial charge in [-0.25, -0.2) is 0 Å². The molecule has 0 aromatic rings. The largest absolute Gasteiger partial charge is 0.381 e. The van der Waals surface area contributed by atoms with E-state index in [1.807, 2.05) is 0 Å². The first kappa shape index (κ1) is 10.9. The zero-order valence-electron chi connectivity index (χ0n) is 9.58. The highest BCUT2D eigenvalue weighted by Crippen LogP contribution is 2.23. The number of rotatable bonds is 2. The topological polar surface area (TPSA) is 29.5 Å². The maximum atomic E-state index is 12.0. The molecule has 2 saturated heterocycles. The van der Waals surface area contributed by atoms with Crippen molar-refractivity contribution in [2.75, 3.05) is 19.8 Å². The van der Waals surface area contributed by atoms with Crippen LogP contribution in [-0.2, 0) is 9.53 Å². The SMILES string of the molecule is C[C@@H]1CCCN1C(=O)CC1CCOCC1. The van der Waals surface area contributed by atoms with Gasteiger partial charge in [-0.3, -0.25) is 4.79 Å². The van der Waals surface area contributed by atoms with Crippen LogP contribution in [0.25, 0.3) is 0 Å². The summed E-state index contributed by atoms with van der Waals surface area (Å²) in [5, 5.41) is 0. The average molecular weight is 211 g/mol. The minimum Gasteiger partial charge on any atom is -0.381 e. The van der Waals surface area contributed by atoms with Crippen LogP contribution in [0.3, 0.4) is 0 Å². The van der Waals surface area contributed by atoms with Gasteiger partial charge >= 0.3 is 0 Å². The Labute approximate surface area is 91.8 Å². The van der Waals surface area contributed by atoms with Crippen LogP contribution in [0.4, 0.5) is 0 Å². The first-order chi connectivity index (χ1) is 7.27. The van der Waals surface area contributed by atoms with Crippen molar-refractivity contribution >= 4 is 5.91 Å². The summed E-state index contributed by atoms with van der Waals surface area (Å²) < 4.78 is 5.30. The van der Waals surface area contributed by atoms with Crippen LogP contribution in [0.15, 0.2) is 0 Å². The first-order valence-corrected chi connectivity index (χ1v) is 6.14. The van der Waals surface area contributed by atoms with Gasteiger partial charge in [0.05, 0.1) is 0 Å². The van der Waals surface area contributed by atoms with Crippen molar-refractivity contribution in [3.05, 3.63) is 0 Å². The molecule has 0 aliphatic carbocycles. The van der Waals surface area contributed by atoms with Crippen LogP contribution < -0.4 is 0 Å².